The zero-order chi connectivity index (χ0) is 19.9. The van der Waals surface area contributed by atoms with Crippen LogP contribution in [0, 0.1) is 11.8 Å². The molecule has 2 amide bonds. The maximum absolute atomic E-state index is 12.6. The number of anilines is 1. The van der Waals surface area contributed by atoms with Crippen molar-refractivity contribution >= 4 is 17.5 Å². The van der Waals surface area contributed by atoms with Crippen LogP contribution in [0.3, 0.4) is 0 Å². The number of benzene rings is 2. The number of hydrogen-bond acceptors (Lipinski definition) is 3. The van der Waals surface area contributed by atoms with E-state index in [4.69, 9.17) is 4.74 Å². The standard InChI is InChI=1S/C23H28N2O3/c1-16-9-8-13-20(17(16)2)25-22(26)15-28-21-14-7-6-12-19(21)23(27)24-18-10-4-3-5-11-18/h3-7,10-12,14,16-17,20H,8-9,13,15H2,1-2H3,(H,24,27)(H,25,26)/t16-,17-,20-/m1/s1. The molecule has 3 atom stereocenters. The van der Waals surface area contributed by atoms with Gasteiger partial charge in [-0.1, -0.05) is 57.0 Å². The highest BCUT2D eigenvalue weighted by Crippen LogP contribution is 2.29. The van der Waals surface area contributed by atoms with E-state index in [2.05, 4.69) is 24.5 Å². The zero-order valence-corrected chi connectivity index (χ0v) is 16.5. The lowest BCUT2D eigenvalue weighted by Crippen LogP contribution is -2.45. The number of rotatable bonds is 6. The fraction of sp³-hybridized carbons (Fsp3) is 0.391. The molecule has 0 radical (unpaired) electrons. The summed E-state index contributed by atoms with van der Waals surface area (Å²) in [5.41, 5.74) is 1.11. The lowest BCUT2D eigenvalue weighted by Gasteiger charge is -2.34. The van der Waals surface area contributed by atoms with Crippen molar-refractivity contribution in [3.8, 4) is 5.75 Å². The number of nitrogens with one attached hydrogen (secondary N) is 2. The summed E-state index contributed by atoms with van der Waals surface area (Å²) < 4.78 is 5.69. The summed E-state index contributed by atoms with van der Waals surface area (Å²) >= 11 is 0. The van der Waals surface area contributed by atoms with E-state index in [1.165, 1.54) is 6.42 Å². The van der Waals surface area contributed by atoms with Crippen LogP contribution in [0.1, 0.15) is 43.5 Å². The van der Waals surface area contributed by atoms with Crippen molar-refractivity contribution in [2.24, 2.45) is 11.8 Å². The summed E-state index contributed by atoms with van der Waals surface area (Å²) in [6, 6.07) is 16.4. The number of carbonyl (C=O) groups excluding carboxylic acids is 2. The molecule has 2 aromatic rings. The number of amides is 2. The molecule has 0 saturated heterocycles. The minimum absolute atomic E-state index is 0.104. The van der Waals surface area contributed by atoms with Crippen LogP contribution in [-0.2, 0) is 4.79 Å². The van der Waals surface area contributed by atoms with Gasteiger partial charge < -0.3 is 15.4 Å². The Kier molecular flexibility index (Phi) is 6.69. The van der Waals surface area contributed by atoms with Gasteiger partial charge in [0.1, 0.15) is 5.75 Å². The molecule has 0 bridgehead atoms. The Bertz CT molecular complexity index is 807. The molecule has 5 heteroatoms. The third-order valence-electron chi connectivity index (χ3n) is 5.58. The molecule has 2 N–H and O–H groups in total. The van der Waals surface area contributed by atoms with Gasteiger partial charge in [-0.2, -0.15) is 0 Å². The van der Waals surface area contributed by atoms with Gasteiger partial charge in [0.2, 0.25) is 0 Å². The Morgan fingerprint density at radius 1 is 1.00 bits per heavy atom. The molecule has 1 fully saturated rings. The van der Waals surface area contributed by atoms with Gasteiger partial charge in [-0.3, -0.25) is 9.59 Å². The Labute approximate surface area is 166 Å². The van der Waals surface area contributed by atoms with E-state index < -0.39 is 0 Å². The summed E-state index contributed by atoms with van der Waals surface area (Å²) in [6.07, 6.45) is 3.36. The van der Waals surface area contributed by atoms with Gasteiger partial charge >= 0.3 is 0 Å². The first-order valence-electron chi connectivity index (χ1n) is 9.92. The molecule has 5 nitrogen and oxygen atoms in total. The molecule has 148 valence electrons. The second-order valence-corrected chi connectivity index (χ2v) is 7.55. The van der Waals surface area contributed by atoms with Crippen LogP contribution in [0.4, 0.5) is 5.69 Å². The van der Waals surface area contributed by atoms with E-state index in [9.17, 15) is 9.59 Å². The molecule has 0 aromatic heterocycles. The first-order chi connectivity index (χ1) is 13.5. The fourth-order valence-electron chi connectivity index (χ4n) is 3.68. The normalized spacial score (nSPS) is 21.6. The summed E-state index contributed by atoms with van der Waals surface area (Å²) in [6.45, 7) is 4.33. The Morgan fingerprint density at radius 3 is 2.50 bits per heavy atom. The lowest BCUT2D eigenvalue weighted by atomic mass is 9.78. The predicted molar refractivity (Wildman–Crippen MR) is 110 cm³/mol. The molecule has 3 rings (SSSR count). The first kappa shape index (κ1) is 19.9. The van der Waals surface area contributed by atoms with Crippen LogP contribution >= 0.6 is 0 Å². The quantitative estimate of drug-likeness (QED) is 0.787. The highest BCUT2D eigenvalue weighted by Gasteiger charge is 2.28. The van der Waals surface area contributed by atoms with Gasteiger partial charge in [0.25, 0.3) is 11.8 Å². The van der Waals surface area contributed by atoms with E-state index in [-0.39, 0.29) is 24.5 Å². The van der Waals surface area contributed by atoms with E-state index in [0.29, 0.717) is 28.8 Å². The summed E-state index contributed by atoms with van der Waals surface area (Å²) in [5, 5.41) is 5.94. The van der Waals surface area contributed by atoms with E-state index in [1.807, 2.05) is 30.3 Å². The summed E-state index contributed by atoms with van der Waals surface area (Å²) in [4.78, 5) is 25.0. The second-order valence-electron chi connectivity index (χ2n) is 7.55. The Morgan fingerprint density at radius 2 is 1.71 bits per heavy atom. The van der Waals surface area contributed by atoms with Crippen molar-refractivity contribution in [1.29, 1.82) is 0 Å². The number of hydrogen-bond donors (Lipinski definition) is 2. The van der Waals surface area contributed by atoms with Crippen molar-refractivity contribution in [2.45, 2.75) is 39.2 Å². The van der Waals surface area contributed by atoms with Crippen LogP contribution in [0.2, 0.25) is 0 Å². The third kappa shape index (κ3) is 5.12. The van der Waals surface area contributed by atoms with Crippen LogP contribution in [0.15, 0.2) is 54.6 Å². The van der Waals surface area contributed by atoms with Crippen molar-refractivity contribution < 1.29 is 14.3 Å². The van der Waals surface area contributed by atoms with Gasteiger partial charge in [0.15, 0.2) is 6.61 Å². The van der Waals surface area contributed by atoms with E-state index in [0.717, 1.165) is 12.8 Å². The number of carbonyl (C=O) groups is 2. The number of ether oxygens (including phenoxy) is 1. The minimum atomic E-state index is -0.267. The van der Waals surface area contributed by atoms with Crippen molar-refractivity contribution in [1.82, 2.24) is 5.32 Å². The van der Waals surface area contributed by atoms with Gasteiger partial charge in [0, 0.05) is 11.7 Å². The number of para-hydroxylation sites is 2. The van der Waals surface area contributed by atoms with Crippen LogP contribution < -0.4 is 15.4 Å². The van der Waals surface area contributed by atoms with Gasteiger partial charge in [-0.15, -0.1) is 0 Å². The maximum atomic E-state index is 12.6. The molecule has 0 heterocycles. The van der Waals surface area contributed by atoms with Gasteiger partial charge in [0.05, 0.1) is 5.56 Å². The van der Waals surface area contributed by atoms with E-state index in [1.54, 1.807) is 24.3 Å². The van der Waals surface area contributed by atoms with Crippen LogP contribution in [0.25, 0.3) is 0 Å². The Balaban J connectivity index is 1.58. The van der Waals surface area contributed by atoms with Gasteiger partial charge in [-0.25, -0.2) is 0 Å². The predicted octanol–water partition coefficient (Wildman–Crippen LogP) is 4.26. The van der Waals surface area contributed by atoms with Crippen LogP contribution in [0.5, 0.6) is 5.75 Å². The highest BCUT2D eigenvalue weighted by atomic mass is 16.5. The third-order valence-corrected chi connectivity index (χ3v) is 5.58. The molecule has 0 aliphatic heterocycles. The average Bonchev–Trinajstić information content (AvgIpc) is 2.71. The van der Waals surface area contributed by atoms with Gasteiger partial charge in [-0.05, 0) is 42.5 Å². The SMILES string of the molecule is C[C@@H]1[C@H](C)CCC[C@H]1NC(=O)COc1ccccc1C(=O)Nc1ccccc1. The molecule has 0 unspecified atom stereocenters. The molecule has 2 aromatic carbocycles. The highest BCUT2D eigenvalue weighted by molar-refractivity contribution is 6.06. The molecular weight excluding hydrogens is 352 g/mol. The monoisotopic (exact) mass is 380 g/mol. The van der Waals surface area contributed by atoms with E-state index >= 15 is 0 Å². The zero-order valence-electron chi connectivity index (χ0n) is 16.5. The van der Waals surface area contributed by atoms with Crippen LogP contribution in [-0.4, -0.2) is 24.5 Å². The molecule has 0 spiro atoms. The largest absolute Gasteiger partial charge is 0.483 e. The Hall–Kier alpha value is -2.82. The lowest BCUT2D eigenvalue weighted by molar-refractivity contribution is -0.124. The molecule has 1 aliphatic rings. The van der Waals surface area contributed by atoms with Crippen molar-refractivity contribution in [3.63, 3.8) is 0 Å². The molecule has 1 saturated carbocycles. The maximum Gasteiger partial charge on any atom is 0.259 e. The fourth-order valence-corrected chi connectivity index (χ4v) is 3.68. The minimum Gasteiger partial charge on any atom is -0.483 e. The van der Waals surface area contributed by atoms with Crippen molar-refractivity contribution in [3.05, 3.63) is 60.2 Å². The smallest absolute Gasteiger partial charge is 0.259 e. The summed E-state index contributed by atoms with van der Waals surface area (Å²) in [7, 11) is 0. The average molecular weight is 380 g/mol. The second kappa shape index (κ2) is 9.40. The van der Waals surface area contributed by atoms with Crippen molar-refractivity contribution in [2.75, 3.05) is 11.9 Å². The molecular formula is C23H28N2O3. The molecule has 28 heavy (non-hydrogen) atoms. The summed E-state index contributed by atoms with van der Waals surface area (Å²) in [5.74, 6) is 1.06. The topological polar surface area (TPSA) is 67.4 Å². The first-order valence-corrected chi connectivity index (χ1v) is 9.92. The molecule has 1 aliphatic carbocycles.